The summed E-state index contributed by atoms with van der Waals surface area (Å²) in [6, 6.07) is 20.0. The van der Waals surface area contributed by atoms with E-state index in [1.165, 1.54) is 39.7 Å². The number of aromatic hydroxyl groups is 1. The number of carbonyl (C=O) groups is 1. The highest BCUT2D eigenvalue weighted by molar-refractivity contribution is 7.89. The van der Waals surface area contributed by atoms with Crippen LogP contribution in [0.4, 0.5) is 0 Å². The summed E-state index contributed by atoms with van der Waals surface area (Å²) >= 11 is 0. The van der Waals surface area contributed by atoms with Crippen LogP contribution in [0, 0.1) is 6.92 Å². The second-order valence-electron chi connectivity index (χ2n) is 11.2. The van der Waals surface area contributed by atoms with Gasteiger partial charge in [-0.3, -0.25) is 9.69 Å². The van der Waals surface area contributed by atoms with Crippen molar-refractivity contribution in [1.82, 2.24) is 9.21 Å². The highest BCUT2D eigenvalue weighted by atomic mass is 32.2. The van der Waals surface area contributed by atoms with E-state index >= 15 is 0 Å². The smallest absolute Gasteiger partial charge is 0.243 e. The number of carbonyl (C=O) groups excluding carboxylic acids is 1. The number of fused-ring (bicyclic) bond motifs is 1. The standard InChI is InChI=1S/C31H38N2O4S/c1-23-10-12-24(13-11-23)21-32(31(2,3)4)17-6-9-30(35)26-14-15-27-22-33(18-16-25(27)19-26)38(36,37)29-8-5-7-28(34)20-29/h5,7-8,10-15,19-20,34H,6,9,16-18,21-22H2,1-4H3. The number of phenols is 1. The summed E-state index contributed by atoms with van der Waals surface area (Å²) in [4.78, 5) is 15.5. The van der Waals surface area contributed by atoms with E-state index in [2.05, 4.69) is 56.9 Å². The molecule has 0 radical (unpaired) electrons. The molecule has 0 atom stereocenters. The topological polar surface area (TPSA) is 77.9 Å². The number of benzene rings is 3. The summed E-state index contributed by atoms with van der Waals surface area (Å²) < 4.78 is 27.5. The van der Waals surface area contributed by atoms with Crippen molar-refractivity contribution in [3.8, 4) is 5.75 Å². The first kappa shape index (κ1) is 28.0. The van der Waals surface area contributed by atoms with Crippen LogP contribution in [0.3, 0.4) is 0 Å². The van der Waals surface area contributed by atoms with Crippen molar-refractivity contribution >= 4 is 15.8 Å². The molecule has 202 valence electrons. The lowest BCUT2D eigenvalue weighted by Crippen LogP contribution is -2.41. The fourth-order valence-electron chi connectivity index (χ4n) is 4.84. The normalized spacial score (nSPS) is 14.4. The van der Waals surface area contributed by atoms with Crippen molar-refractivity contribution in [3.05, 3.63) is 94.5 Å². The van der Waals surface area contributed by atoms with E-state index < -0.39 is 10.0 Å². The number of ketones is 1. The molecule has 0 spiro atoms. The lowest BCUT2D eigenvalue weighted by Gasteiger charge is -2.36. The zero-order chi connectivity index (χ0) is 27.5. The van der Waals surface area contributed by atoms with Crippen LogP contribution in [0.2, 0.25) is 0 Å². The molecule has 1 N–H and O–H groups in total. The third kappa shape index (κ3) is 6.70. The minimum atomic E-state index is -3.71. The van der Waals surface area contributed by atoms with Gasteiger partial charge >= 0.3 is 0 Å². The molecule has 1 aliphatic heterocycles. The molecule has 0 unspecified atom stereocenters. The second kappa shape index (κ2) is 11.4. The predicted octanol–water partition coefficient (Wildman–Crippen LogP) is 5.71. The molecule has 0 amide bonds. The fourth-order valence-corrected chi connectivity index (χ4v) is 6.30. The first-order valence-corrected chi connectivity index (χ1v) is 14.6. The van der Waals surface area contributed by atoms with E-state index in [4.69, 9.17) is 0 Å². The summed E-state index contributed by atoms with van der Waals surface area (Å²) in [6.45, 7) is 11.0. The van der Waals surface area contributed by atoms with Crippen molar-refractivity contribution in [2.24, 2.45) is 0 Å². The molecular weight excluding hydrogens is 496 g/mol. The van der Waals surface area contributed by atoms with E-state index in [-0.39, 0.29) is 28.5 Å². The van der Waals surface area contributed by atoms with Crippen LogP contribution in [0.15, 0.2) is 71.6 Å². The van der Waals surface area contributed by atoms with Crippen molar-refractivity contribution in [2.45, 2.75) is 70.5 Å². The van der Waals surface area contributed by atoms with Gasteiger partial charge in [0, 0.05) is 37.2 Å². The largest absolute Gasteiger partial charge is 0.508 e. The monoisotopic (exact) mass is 534 g/mol. The first-order chi connectivity index (χ1) is 17.9. The average Bonchev–Trinajstić information content (AvgIpc) is 2.88. The van der Waals surface area contributed by atoms with Crippen molar-refractivity contribution < 1.29 is 18.3 Å². The van der Waals surface area contributed by atoms with Gasteiger partial charge in [0.25, 0.3) is 0 Å². The molecule has 0 saturated carbocycles. The van der Waals surface area contributed by atoms with Gasteiger partial charge in [-0.25, -0.2) is 8.42 Å². The third-order valence-corrected chi connectivity index (χ3v) is 9.08. The molecule has 0 saturated heterocycles. The van der Waals surface area contributed by atoms with Crippen molar-refractivity contribution in [2.75, 3.05) is 13.1 Å². The van der Waals surface area contributed by atoms with Crippen LogP contribution in [0.5, 0.6) is 5.75 Å². The molecule has 1 heterocycles. The van der Waals surface area contributed by atoms with Gasteiger partial charge in [0.05, 0.1) is 4.90 Å². The Morgan fingerprint density at radius 1 is 1.00 bits per heavy atom. The number of aryl methyl sites for hydroxylation is 1. The maximum atomic E-state index is 13.1. The molecule has 38 heavy (non-hydrogen) atoms. The Morgan fingerprint density at radius 2 is 1.74 bits per heavy atom. The SMILES string of the molecule is Cc1ccc(CN(CCCC(=O)c2ccc3c(c2)CCN(S(=O)(=O)c2cccc(O)c2)C3)C(C)(C)C)cc1. The first-order valence-electron chi connectivity index (χ1n) is 13.2. The van der Waals surface area contributed by atoms with Gasteiger partial charge in [-0.15, -0.1) is 0 Å². The number of rotatable bonds is 9. The van der Waals surface area contributed by atoms with Gasteiger partial charge in [-0.2, -0.15) is 4.31 Å². The van der Waals surface area contributed by atoms with Crippen LogP contribution < -0.4 is 0 Å². The Hall–Kier alpha value is -3.00. The van der Waals surface area contributed by atoms with E-state index in [0.717, 1.165) is 30.6 Å². The number of Topliss-reactive ketones (excluding diaryl/α,β-unsaturated/α-hetero) is 1. The summed E-state index contributed by atoms with van der Waals surface area (Å²) in [5, 5.41) is 9.70. The van der Waals surface area contributed by atoms with E-state index in [9.17, 15) is 18.3 Å². The number of hydrogen-bond donors (Lipinski definition) is 1. The van der Waals surface area contributed by atoms with Gasteiger partial charge in [-0.05, 0) is 88.0 Å². The number of phenolic OH excluding ortho intramolecular Hbond substituents is 1. The summed E-state index contributed by atoms with van der Waals surface area (Å²) in [5.41, 5.74) is 5.13. The van der Waals surface area contributed by atoms with Gasteiger partial charge in [0.1, 0.15) is 5.75 Å². The molecule has 3 aromatic carbocycles. The van der Waals surface area contributed by atoms with Crippen LogP contribution >= 0.6 is 0 Å². The molecule has 7 heteroatoms. The van der Waals surface area contributed by atoms with Gasteiger partial charge in [0.15, 0.2) is 5.78 Å². The molecule has 0 bridgehead atoms. The summed E-state index contributed by atoms with van der Waals surface area (Å²) in [6.07, 6.45) is 1.79. The summed E-state index contributed by atoms with van der Waals surface area (Å²) in [7, 11) is -3.71. The Morgan fingerprint density at radius 3 is 2.42 bits per heavy atom. The fraction of sp³-hybridized carbons (Fsp3) is 0.387. The lowest BCUT2D eigenvalue weighted by molar-refractivity contribution is 0.0945. The minimum absolute atomic E-state index is 0.00947. The average molecular weight is 535 g/mol. The molecule has 0 aliphatic carbocycles. The maximum absolute atomic E-state index is 13.1. The number of sulfonamides is 1. The van der Waals surface area contributed by atoms with E-state index in [0.29, 0.717) is 24.9 Å². The Bertz CT molecular complexity index is 1390. The van der Waals surface area contributed by atoms with Crippen molar-refractivity contribution in [1.29, 1.82) is 0 Å². The molecule has 0 aromatic heterocycles. The lowest BCUT2D eigenvalue weighted by atomic mass is 9.95. The maximum Gasteiger partial charge on any atom is 0.243 e. The van der Waals surface area contributed by atoms with Crippen molar-refractivity contribution in [3.63, 3.8) is 0 Å². The molecular formula is C31H38N2O4S. The molecule has 6 nitrogen and oxygen atoms in total. The quantitative estimate of drug-likeness (QED) is 0.356. The Kier molecular flexibility index (Phi) is 8.40. The zero-order valence-corrected chi connectivity index (χ0v) is 23.6. The van der Waals surface area contributed by atoms with Crippen LogP contribution in [0.1, 0.15) is 66.2 Å². The van der Waals surface area contributed by atoms with Gasteiger partial charge in [0.2, 0.25) is 10.0 Å². The molecule has 4 rings (SSSR count). The third-order valence-electron chi connectivity index (χ3n) is 7.24. The number of nitrogens with zero attached hydrogens (tertiary/aromatic N) is 2. The zero-order valence-electron chi connectivity index (χ0n) is 22.8. The predicted molar refractivity (Wildman–Crippen MR) is 151 cm³/mol. The van der Waals surface area contributed by atoms with E-state index in [1.807, 2.05) is 18.2 Å². The van der Waals surface area contributed by atoms with E-state index in [1.54, 1.807) is 0 Å². The van der Waals surface area contributed by atoms with Gasteiger partial charge < -0.3 is 5.11 Å². The van der Waals surface area contributed by atoms with Gasteiger partial charge in [-0.1, -0.05) is 48.0 Å². The number of hydrogen-bond acceptors (Lipinski definition) is 5. The second-order valence-corrected chi connectivity index (χ2v) is 13.1. The highest BCUT2D eigenvalue weighted by Gasteiger charge is 2.29. The molecule has 3 aromatic rings. The Balaban J connectivity index is 1.37. The Labute approximate surface area is 227 Å². The van der Waals surface area contributed by atoms with Crippen LogP contribution in [-0.4, -0.2) is 47.1 Å². The molecule has 0 fully saturated rings. The van der Waals surface area contributed by atoms with Crippen LogP contribution in [-0.2, 0) is 29.5 Å². The minimum Gasteiger partial charge on any atom is -0.508 e. The molecule has 1 aliphatic rings. The van der Waals surface area contributed by atoms with Crippen LogP contribution in [0.25, 0.3) is 0 Å². The summed E-state index contributed by atoms with van der Waals surface area (Å²) in [5.74, 6) is 0.0409. The highest BCUT2D eigenvalue weighted by Crippen LogP contribution is 2.28.